The van der Waals surface area contributed by atoms with Crippen molar-refractivity contribution in [2.75, 3.05) is 6.54 Å². The molecule has 0 saturated heterocycles. The summed E-state index contributed by atoms with van der Waals surface area (Å²) >= 11 is 13.4. The van der Waals surface area contributed by atoms with Crippen LogP contribution in [0.3, 0.4) is 0 Å². The number of benzene rings is 1. The van der Waals surface area contributed by atoms with E-state index in [-0.39, 0.29) is 11.7 Å². The minimum absolute atomic E-state index is 0.110. The Labute approximate surface area is 136 Å². The summed E-state index contributed by atoms with van der Waals surface area (Å²) in [6.07, 6.45) is 0.790. The molecule has 7 heteroatoms. The second-order valence-electron chi connectivity index (χ2n) is 4.63. The fourth-order valence-electron chi connectivity index (χ4n) is 1.98. The average molecular weight is 345 g/mol. The molecule has 1 heterocycles. The maximum absolute atomic E-state index is 10.6. The van der Waals surface area contributed by atoms with E-state index in [9.17, 15) is 10.1 Å². The molecule has 1 aromatic heterocycles. The molecule has 1 N–H and O–H groups in total. The Morgan fingerprint density at radius 3 is 2.52 bits per heavy atom. The van der Waals surface area contributed by atoms with Gasteiger partial charge in [0.25, 0.3) is 5.69 Å². The molecule has 0 aliphatic carbocycles. The maximum Gasteiger partial charge on any atom is 0.269 e. The normalized spacial score (nSPS) is 12.3. The van der Waals surface area contributed by atoms with Crippen LogP contribution < -0.4 is 5.32 Å². The number of hydrogen-bond donors (Lipinski definition) is 1. The molecule has 2 aromatic rings. The van der Waals surface area contributed by atoms with E-state index in [1.807, 2.05) is 13.0 Å². The first-order chi connectivity index (χ1) is 9.97. The van der Waals surface area contributed by atoms with Crippen LogP contribution in [0.2, 0.25) is 8.67 Å². The summed E-state index contributed by atoms with van der Waals surface area (Å²) in [5, 5.41) is 13.9. The van der Waals surface area contributed by atoms with Gasteiger partial charge in [-0.25, -0.2) is 0 Å². The zero-order chi connectivity index (χ0) is 15.4. The molecule has 4 nitrogen and oxygen atoms in total. The molecule has 0 aliphatic rings. The smallest absolute Gasteiger partial charge is 0.269 e. The van der Waals surface area contributed by atoms with Crippen LogP contribution in [0.1, 0.15) is 24.1 Å². The highest BCUT2D eigenvalue weighted by Gasteiger charge is 2.12. The summed E-state index contributed by atoms with van der Waals surface area (Å²) in [4.78, 5) is 10.2. The van der Waals surface area contributed by atoms with Gasteiger partial charge in [0, 0.05) is 18.2 Å². The van der Waals surface area contributed by atoms with Gasteiger partial charge >= 0.3 is 0 Å². The van der Waals surface area contributed by atoms with E-state index in [0.717, 1.165) is 24.1 Å². The van der Waals surface area contributed by atoms with Crippen LogP contribution in [0.5, 0.6) is 0 Å². The molecule has 0 bridgehead atoms. The van der Waals surface area contributed by atoms with Gasteiger partial charge in [-0.3, -0.25) is 10.1 Å². The Bertz CT molecular complexity index is 628. The zero-order valence-electron chi connectivity index (χ0n) is 11.3. The molecule has 21 heavy (non-hydrogen) atoms. The second kappa shape index (κ2) is 7.22. The van der Waals surface area contributed by atoms with Gasteiger partial charge in [0.15, 0.2) is 0 Å². The minimum Gasteiger partial charge on any atom is -0.310 e. The number of thiophene rings is 1. The number of nitro groups is 1. The van der Waals surface area contributed by atoms with E-state index in [1.165, 1.54) is 23.5 Å². The molecule has 1 atom stereocenters. The van der Waals surface area contributed by atoms with E-state index in [0.29, 0.717) is 8.67 Å². The number of halogens is 2. The molecule has 0 spiro atoms. The third kappa shape index (κ3) is 4.41. The standard InChI is InChI=1S/C14H14Cl2N2O2S/c1-9(12-8-13(15)21-14(12)16)17-7-6-10-2-4-11(5-3-10)18(19)20/h2-5,8-9,17H,6-7H2,1H3. The van der Waals surface area contributed by atoms with Crippen LogP contribution >= 0.6 is 34.5 Å². The van der Waals surface area contributed by atoms with E-state index in [4.69, 9.17) is 23.2 Å². The largest absolute Gasteiger partial charge is 0.310 e. The first-order valence-electron chi connectivity index (χ1n) is 6.39. The summed E-state index contributed by atoms with van der Waals surface area (Å²) in [5.41, 5.74) is 2.16. The summed E-state index contributed by atoms with van der Waals surface area (Å²) in [6.45, 7) is 2.78. The quantitative estimate of drug-likeness (QED) is 0.601. The van der Waals surface area contributed by atoms with Crippen molar-refractivity contribution in [3.63, 3.8) is 0 Å². The lowest BCUT2D eigenvalue weighted by Gasteiger charge is -2.13. The van der Waals surface area contributed by atoms with Gasteiger partial charge in [-0.15, -0.1) is 11.3 Å². The van der Waals surface area contributed by atoms with Crippen molar-refractivity contribution in [2.45, 2.75) is 19.4 Å². The van der Waals surface area contributed by atoms with Crippen molar-refractivity contribution in [2.24, 2.45) is 0 Å². The first-order valence-corrected chi connectivity index (χ1v) is 7.96. The number of non-ortho nitro benzene ring substituents is 1. The third-order valence-corrected chi connectivity index (χ3v) is 4.68. The average Bonchev–Trinajstić information content (AvgIpc) is 2.78. The van der Waals surface area contributed by atoms with Crippen molar-refractivity contribution in [1.82, 2.24) is 5.32 Å². The molecule has 1 aromatic carbocycles. The van der Waals surface area contributed by atoms with Crippen molar-refractivity contribution in [3.05, 3.63) is 60.2 Å². The molecule has 2 rings (SSSR count). The Morgan fingerprint density at radius 2 is 2.00 bits per heavy atom. The summed E-state index contributed by atoms with van der Waals surface area (Å²) < 4.78 is 1.38. The molecule has 0 fully saturated rings. The number of rotatable bonds is 6. The summed E-state index contributed by atoms with van der Waals surface area (Å²) in [6, 6.07) is 8.58. The van der Waals surface area contributed by atoms with Crippen LogP contribution in [0.15, 0.2) is 30.3 Å². The molecule has 0 radical (unpaired) electrons. The molecule has 112 valence electrons. The van der Waals surface area contributed by atoms with Gasteiger partial charge in [-0.05, 0) is 37.1 Å². The molecule has 1 unspecified atom stereocenters. The lowest BCUT2D eigenvalue weighted by molar-refractivity contribution is -0.384. The van der Waals surface area contributed by atoms with Gasteiger partial charge in [0.1, 0.15) is 0 Å². The lowest BCUT2D eigenvalue weighted by Crippen LogP contribution is -2.21. The van der Waals surface area contributed by atoms with Crippen molar-refractivity contribution < 1.29 is 4.92 Å². The number of hydrogen-bond acceptors (Lipinski definition) is 4. The van der Waals surface area contributed by atoms with E-state index in [2.05, 4.69) is 5.32 Å². The predicted octanol–water partition coefficient (Wildman–Crippen LogP) is 4.86. The predicted molar refractivity (Wildman–Crippen MR) is 87.6 cm³/mol. The van der Waals surface area contributed by atoms with Gasteiger partial charge in [0.05, 0.1) is 13.6 Å². The van der Waals surface area contributed by atoms with Gasteiger partial charge < -0.3 is 5.32 Å². The lowest BCUT2D eigenvalue weighted by atomic mass is 10.1. The monoisotopic (exact) mass is 344 g/mol. The molecule has 0 saturated carbocycles. The minimum atomic E-state index is -0.396. The highest BCUT2D eigenvalue weighted by molar-refractivity contribution is 7.20. The van der Waals surface area contributed by atoms with Crippen LogP contribution in [0.25, 0.3) is 0 Å². The van der Waals surface area contributed by atoms with Crippen LogP contribution in [0.4, 0.5) is 5.69 Å². The van der Waals surface area contributed by atoms with E-state index < -0.39 is 4.92 Å². The second-order valence-corrected chi connectivity index (χ2v) is 6.91. The fraction of sp³-hybridized carbons (Fsp3) is 0.286. The van der Waals surface area contributed by atoms with E-state index >= 15 is 0 Å². The molecule has 0 amide bonds. The first kappa shape index (κ1) is 16.2. The van der Waals surface area contributed by atoms with Gasteiger partial charge in [-0.2, -0.15) is 0 Å². The highest BCUT2D eigenvalue weighted by Crippen LogP contribution is 2.34. The molecular weight excluding hydrogens is 331 g/mol. The Kier molecular flexibility index (Phi) is 5.58. The fourth-order valence-corrected chi connectivity index (χ4v) is 3.62. The summed E-state index contributed by atoms with van der Waals surface area (Å²) in [7, 11) is 0. The highest BCUT2D eigenvalue weighted by atomic mass is 35.5. The zero-order valence-corrected chi connectivity index (χ0v) is 13.6. The summed E-state index contributed by atoms with van der Waals surface area (Å²) in [5.74, 6) is 0. The Hall–Kier alpha value is -1.14. The van der Waals surface area contributed by atoms with Crippen LogP contribution in [0, 0.1) is 10.1 Å². The van der Waals surface area contributed by atoms with E-state index in [1.54, 1.807) is 12.1 Å². The maximum atomic E-state index is 10.6. The van der Waals surface area contributed by atoms with Crippen molar-refractivity contribution in [1.29, 1.82) is 0 Å². The van der Waals surface area contributed by atoms with Crippen molar-refractivity contribution in [3.8, 4) is 0 Å². The Balaban J connectivity index is 1.86. The van der Waals surface area contributed by atoms with Crippen LogP contribution in [-0.4, -0.2) is 11.5 Å². The van der Waals surface area contributed by atoms with Gasteiger partial charge in [0.2, 0.25) is 0 Å². The van der Waals surface area contributed by atoms with Gasteiger partial charge in [-0.1, -0.05) is 35.3 Å². The number of nitrogens with zero attached hydrogens (tertiary/aromatic N) is 1. The number of nitrogens with one attached hydrogen (secondary N) is 1. The molecule has 0 aliphatic heterocycles. The van der Waals surface area contributed by atoms with Crippen LogP contribution in [-0.2, 0) is 6.42 Å². The Morgan fingerprint density at radius 1 is 1.33 bits per heavy atom. The number of nitro benzene ring substituents is 1. The molecular formula is C14H14Cl2N2O2S. The van der Waals surface area contributed by atoms with Crippen molar-refractivity contribution >= 4 is 40.2 Å². The SMILES string of the molecule is CC(NCCc1ccc([N+](=O)[O-])cc1)c1cc(Cl)sc1Cl. The topological polar surface area (TPSA) is 55.2 Å². The third-order valence-electron chi connectivity index (χ3n) is 3.16.